The highest BCUT2D eigenvalue weighted by molar-refractivity contribution is 9.09. The highest BCUT2D eigenvalue weighted by Crippen LogP contribution is 2.20. The van der Waals surface area contributed by atoms with Gasteiger partial charge in [-0.1, -0.05) is 28.1 Å². The Bertz CT molecular complexity index is 294. The van der Waals surface area contributed by atoms with Gasteiger partial charge < -0.3 is 9.47 Å². The number of benzene rings is 1. The van der Waals surface area contributed by atoms with Gasteiger partial charge in [-0.3, -0.25) is 0 Å². The largest absolute Gasteiger partial charge is 0.382 e. The van der Waals surface area contributed by atoms with Crippen LogP contribution in [-0.2, 0) is 9.47 Å². The van der Waals surface area contributed by atoms with Crippen LogP contribution in [0.3, 0.4) is 0 Å². The lowest BCUT2D eigenvalue weighted by Crippen LogP contribution is -2.10. The van der Waals surface area contributed by atoms with E-state index in [4.69, 9.17) is 9.47 Å². The van der Waals surface area contributed by atoms with Crippen LogP contribution in [0.5, 0.6) is 0 Å². The molecule has 1 rings (SSSR count). The average Bonchev–Trinajstić information content (AvgIpc) is 2.24. The minimum Gasteiger partial charge on any atom is -0.382 e. The molecule has 0 spiro atoms. The summed E-state index contributed by atoms with van der Waals surface area (Å²) < 4.78 is 23.4. The third kappa shape index (κ3) is 4.28. The van der Waals surface area contributed by atoms with Gasteiger partial charge in [0.2, 0.25) is 0 Å². The van der Waals surface area contributed by atoms with E-state index in [1.165, 1.54) is 12.1 Å². The number of methoxy groups -OCH3 is 1. The minimum absolute atomic E-state index is 0.129. The van der Waals surface area contributed by atoms with Crippen LogP contribution in [0.1, 0.15) is 11.7 Å². The van der Waals surface area contributed by atoms with Gasteiger partial charge in [0, 0.05) is 12.4 Å². The molecule has 0 aliphatic carbocycles. The summed E-state index contributed by atoms with van der Waals surface area (Å²) in [7, 11) is 1.62. The van der Waals surface area contributed by atoms with Gasteiger partial charge in [-0.25, -0.2) is 4.39 Å². The van der Waals surface area contributed by atoms with E-state index in [0.717, 1.165) is 5.56 Å². The second kappa shape index (κ2) is 6.93. The van der Waals surface area contributed by atoms with Crippen molar-refractivity contribution in [2.24, 2.45) is 0 Å². The van der Waals surface area contributed by atoms with E-state index < -0.39 is 0 Å². The Labute approximate surface area is 97.5 Å². The van der Waals surface area contributed by atoms with Crippen molar-refractivity contribution in [3.05, 3.63) is 35.6 Å². The molecule has 2 nitrogen and oxygen atoms in total. The molecule has 0 aliphatic heterocycles. The van der Waals surface area contributed by atoms with Gasteiger partial charge in [0.15, 0.2) is 0 Å². The Morgan fingerprint density at radius 2 is 2.20 bits per heavy atom. The van der Waals surface area contributed by atoms with Crippen LogP contribution < -0.4 is 0 Å². The van der Waals surface area contributed by atoms with Gasteiger partial charge in [-0.05, 0) is 17.7 Å². The quantitative estimate of drug-likeness (QED) is 0.588. The van der Waals surface area contributed by atoms with Crippen LogP contribution in [0, 0.1) is 5.82 Å². The first-order valence-corrected chi connectivity index (χ1v) is 5.82. The van der Waals surface area contributed by atoms with Crippen molar-refractivity contribution in [1.82, 2.24) is 0 Å². The van der Waals surface area contributed by atoms with Crippen molar-refractivity contribution in [1.29, 1.82) is 0 Å². The van der Waals surface area contributed by atoms with E-state index in [1.54, 1.807) is 13.2 Å². The molecule has 15 heavy (non-hydrogen) atoms. The zero-order valence-electron chi connectivity index (χ0n) is 8.58. The Hall–Kier alpha value is -0.450. The van der Waals surface area contributed by atoms with Crippen LogP contribution in [0.25, 0.3) is 0 Å². The molecule has 0 fully saturated rings. The van der Waals surface area contributed by atoms with E-state index in [-0.39, 0.29) is 11.9 Å². The molecule has 0 radical (unpaired) electrons. The molecular formula is C11H14BrFO2. The second-order valence-electron chi connectivity index (χ2n) is 3.06. The maximum absolute atomic E-state index is 13.0. The first-order chi connectivity index (χ1) is 7.27. The topological polar surface area (TPSA) is 18.5 Å². The molecule has 84 valence electrons. The molecule has 1 aromatic rings. The predicted octanol–water partition coefficient (Wildman–Crippen LogP) is 2.92. The summed E-state index contributed by atoms with van der Waals surface area (Å²) in [4.78, 5) is 0. The lowest BCUT2D eigenvalue weighted by molar-refractivity contribution is 0.0283. The van der Waals surface area contributed by atoms with Crippen molar-refractivity contribution in [3.63, 3.8) is 0 Å². The summed E-state index contributed by atoms with van der Waals surface area (Å²) >= 11 is 3.34. The summed E-state index contributed by atoms with van der Waals surface area (Å²) in [6, 6.07) is 6.44. The molecule has 0 N–H and O–H groups in total. The lowest BCUT2D eigenvalue weighted by atomic mass is 10.1. The monoisotopic (exact) mass is 276 g/mol. The van der Waals surface area contributed by atoms with E-state index in [0.29, 0.717) is 18.5 Å². The maximum Gasteiger partial charge on any atom is 0.123 e. The molecule has 1 aromatic carbocycles. The summed E-state index contributed by atoms with van der Waals surface area (Å²) in [5.74, 6) is -0.242. The summed E-state index contributed by atoms with van der Waals surface area (Å²) in [6.07, 6.45) is -0.129. The molecule has 0 amide bonds. The Kier molecular flexibility index (Phi) is 5.83. The molecule has 4 heteroatoms. The summed E-state index contributed by atoms with van der Waals surface area (Å²) in [5.41, 5.74) is 0.836. The maximum atomic E-state index is 13.0. The fourth-order valence-electron chi connectivity index (χ4n) is 1.21. The normalized spacial score (nSPS) is 12.7. The van der Waals surface area contributed by atoms with Gasteiger partial charge >= 0.3 is 0 Å². The molecular weight excluding hydrogens is 263 g/mol. The van der Waals surface area contributed by atoms with Gasteiger partial charge in [0.05, 0.1) is 19.3 Å². The fraction of sp³-hybridized carbons (Fsp3) is 0.455. The van der Waals surface area contributed by atoms with Crippen LogP contribution in [0.4, 0.5) is 4.39 Å². The van der Waals surface area contributed by atoms with E-state index in [9.17, 15) is 4.39 Å². The zero-order valence-corrected chi connectivity index (χ0v) is 10.2. The fourth-order valence-corrected chi connectivity index (χ4v) is 1.77. The number of halogens is 2. The third-order valence-electron chi connectivity index (χ3n) is 1.97. The lowest BCUT2D eigenvalue weighted by Gasteiger charge is -2.15. The predicted molar refractivity (Wildman–Crippen MR) is 60.8 cm³/mol. The molecule has 0 heterocycles. The average molecular weight is 277 g/mol. The number of rotatable bonds is 6. The van der Waals surface area contributed by atoms with Crippen molar-refractivity contribution >= 4 is 15.9 Å². The SMILES string of the molecule is COCCOC(CBr)c1cccc(F)c1. The first kappa shape index (κ1) is 12.6. The van der Waals surface area contributed by atoms with E-state index >= 15 is 0 Å². The molecule has 1 atom stereocenters. The number of ether oxygens (including phenoxy) is 2. The van der Waals surface area contributed by atoms with Crippen LogP contribution in [-0.4, -0.2) is 25.7 Å². The Morgan fingerprint density at radius 3 is 2.80 bits per heavy atom. The number of hydrogen-bond donors (Lipinski definition) is 0. The minimum atomic E-state index is -0.242. The molecule has 0 saturated heterocycles. The highest BCUT2D eigenvalue weighted by atomic mass is 79.9. The second-order valence-corrected chi connectivity index (χ2v) is 3.71. The number of alkyl halides is 1. The van der Waals surface area contributed by atoms with E-state index in [2.05, 4.69) is 15.9 Å². The van der Waals surface area contributed by atoms with Crippen LogP contribution in [0.2, 0.25) is 0 Å². The first-order valence-electron chi connectivity index (χ1n) is 4.70. The molecule has 0 bridgehead atoms. The molecule has 0 aromatic heterocycles. The van der Waals surface area contributed by atoms with Crippen LogP contribution >= 0.6 is 15.9 Å². The van der Waals surface area contributed by atoms with Gasteiger partial charge in [0.25, 0.3) is 0 Å². The standard InChI is InChI=1S/C11H14BrFO2/c1-14-5-6-15-11(8-12)9-3-2-4-10(13)7-9/h2-4,7,11H,5-6,8H2,1H3. The van der Waals surface area contributed by atoms with Crippen molar-refractivity contribution in [2.75, 3.05) is 25.7 Å². The summed E-state index contributed by atoms with van der Waals surface area (Å²) in [5, 5.41) is 0.639. The molecule has 1 unspecified atom stereocenters. The van der Waals surface area contributed by atoms with Gasteiger partial charge in [-0.2, -0.15) is 0 Å². The van der Waals surface area contributed by atoms with Crippen LogP contribution in [0.15, 0.2) is 24.3 Å². The van der Waals surface area contributed by atoms with Gasteiger partial charge in [0.1, 0.15) is 5.82 Å². The summed E-state index contributed by atoms with van der Waals surface area (Å²) in [6.45, 7) is 1.04. The zero-order chi connectivity index (χ0) is 11.1. The Morgan fingerprint density at radius 1 is 1.40 bits per heavy atom. The van der Waals surface area contributed by atoms with Gasteiger partial charge in [-0.15, -0.1) is 0 Å². The van der Waals surface area contributed by atoms with Crippen molar-refractivity contribution < 1.29 is 13.9 Å². The molecule has 0 saturated carbocycles. The number of hydrogen-bond acceptors (Lipinski definition) is 2. The van der Waals surface area contributed by atoms with Crippen molar-refractivity contribution in [3.8, 4) is 0 Å². The third-order valence-corrected chi connectivity index (χ3v) is 2.56. The van der Waals surface area contributed by atoms with Crippen molar-refractivity contribution in [2.45, 2.75) is 6.10 Å². The van der Waals surface area contributed by atoms with E-state index in [1.807, 2.05) is 6.07 Å². The smallest absolute Gasteiger partial charge is 0.123 e. The molecule has 0 aliphatic rings. The Balaban J connectivity index is 2.57. The highest BCUT2D eigenvalue weighted by Gasteiger charge is 2.10.